The summed E-state index contributed by atoms with van der Waals surface area (Å²) in [7, 11) is 0. The molecule has 4 rings (SSSR count). The van der Waals surface area contributed by atoms with Crippen LogP contribution in [0.1, 0.15) is 24.1 Å². The Kier molecular flexibility index (Phi) is 4.09. The quantitative estimate of drug-likeness (QED) is 0.803. The maximum Gasteiger partial charge on any atom is 0.203 e. The molecule has 0 N–H and O–H groups in total. The summed E-state index contributed by atoms with van der Waals surface area (Å²) in [6.45, 7) is 2.64. The number of hydrogen-bond acceptors (Lipinski definition) is 4. The average Bonchev–Trinajstić information content (AvgIpc) is 3.01. The number of para-hydroxylation sites is 1. The maximum atomic E-state index is 11.4. The highest BCUT2D eigenvalue weighted by Crippen LogP contribution is 2.31. The van der Waals surface area contributed by atoms with Crippen molar-refractivity contribution in [2.45, 2.75) is 25.8 Å². The van der Waals surface area contributed by atoms with Gasteiger partial charge < -0.3 is 0 Å². The van der Waals surface area contributed by atoms with Crippen LogP contribution in [0.15, 0.2) is 59.3 Å². The van der Waals surface area contributed by atoms with Gasteiger partial charge in [-0.3, -0.25) is 4.90 Å². The number of fused-ring (bicyclic) bond motifs is 1. The lowest BCUT2D eigenvalue weighted by molar-refractivity contribution is 0.273. The summed E-state index contributed by atoms with van der Waals surface area (Å²) in [6, 6.07) is 9.73. The van der Waals surface area contributed by atoms with Crippen LogP contribution in [0.5, 0.6) is 0 Å². The highest BCUT2D eigenvalue weighted by molar-refractivity contribution is 5.50. The predicted octanol–water partition coefficient (Wildman–Crippen LogP) is 3.90. The smallest absolute Gasteiger partial charge is 0.203 e. The zero-order chi connectivity index (χ0) is 16.4. The van der Waals surface area contributed by atoms with Crippen LogP contribution in [0.2, 0.25) is 0 Å². The SMILES string of the molecule is O=Nc1c2c(nn1-c1ccccc1)CN(CC1=CCCC=C1)CC2. The Morgan fingerprint density at radius 1 is 1.17 bits per heavy atom. The number of nitrogens with zero attached hydrogens (tertiary/aromatic N) is 4. The molecule has 5 nitrogen and oxygen atoms in total. The topological polar surface area (TPSA) is 50.5 Å². The minimum Gasteiger partial charge on any atom is -0.293 e. The van der Waals surface area contributed by atoms with E-state index in [0.29, 0.717) is 5.82 Å². The van der Waals surface area contributed by atoms with Crippen molar-refractivity contribution in [1.82, 2.24) is 14.7 Å². The van der Waals surface area contributed by atoms with E-state index in [2.05, 4.69) is 33.4 Å². The van der Waals surface area contributed by atoms with Crippen molar-refractivity contribution in [2.24, 2.45) is 5.18 Å². The lowest BCUT2D eigenvalue weighted by Crippen LogP contribution is -2.32. The summed E-state index contributed by atoms with van der Waals surface area (Å²) < 4.78 is 1.68. The zero-order valence-corrected chi connectivity index (χ0v) is 13.6. The molecule has 1 aromatic carbocycles. The Balaban J connectivity index is 1.60. The first-order valence-corrected chi connectivity index (χ1v) is 8.42. The van der Waals surface area contributed by atoms with Crippen molar-refractivity contribution in [3.05, 3.63) is 70.3 Å². The molecule has 0 bridgehead atoms. The van der Waals surface area contributed by atoms with E-state index in [0.717, 1.165) is 55.8 Å². The van der Waals surface area contributed by atoms with Crippen LogP contribution in [-0.4, -0.2) is 27.8 Å². The normalized spacial score (nSPS) is 17.4. The third-order valence-electron chi connectivity index (χ3n) is 4.66. The standard InChI is InChI=1S/C19H20N4O/c24-21-19-17-11-12-22(13-15-7-3-1-4-8-15)14-18(17)20-23(19)16-9-5-2-6-10-16/h2-3,5-10H,1,4,11-14H2. The van der Waals surface area contributed by atoms with Gasteiger partial charge in [0.25, 0.3) is 0 Å². The van der Waals surface area contributed by atoms with E-state index in [-0.39, 0.29) is 0 Å². The van der Waals surface area contributed by atoms with Crippen molar-refractivity contribution >= 4 is 5.82 Å². The molecule has 0 fully saturated rings. The highest BCUT2D eigenvalue weighted by Gasteiger charge is 2.26. The molecule has 2 aliphatic rings. The van der Waals surface area contributed by atoms with E-state index < -0.39 is 0 Å². The summed E-state index contributed by atoms with van der Waals surface area (Å²) in [5.41, 5.74) is 4.23. The van der Waals surface area contributed by atoms with Crippen LogP contribution in [0.25, 0.3) is 5.69 Å². The fourth-order valence-corrected chi connectivity index (χ4v) is 3.45. The molecule has 0 radical (unpaired) electrons. The molecule has 1 aliphatic heterocycles. The van der Waals surface area contributed by atoms with Crippen molar-refractivity contribution in [2.75, 3.05) is 13.1 Å². The Bertz CT molecular complexity index is 804. The van der Waals surface area contributed by atoms with E-state index in [4.69, 9.17) is 0 Å². The van der Waals surface area contributed by atoms with Crippen LogP contribution < -0.4 is 0 Å². The summed E-state index contributed by atoms with van der Waals surface area (Å²) in [6.07, 6.45) is 9.87. The molecule has 0 saturated carbocycles. The van der Waals surface area contributed by atoms with Crippen LogP contribution in [0.3, 0.4) is 0 Å². The molecule has 1 aromatic heterocycles. The molecule has 122 valence electrons. The Morgan fingerprint density at radius 2 is 2.04 bits per heavy atom. The molecule has 5 heteroatoms. The average molecular weight is 320 g/mol. The molecule has 0 amide bonds. The molecule has 2 aromatic rings. The van der Waals surface area contributed by atoms with Gasteiger partial charge in [0.1, 0.15) is 0 Å². The van der Waals surface area contributed by atoms with Gasteiger partial charge in [0.05, 0.1) is 11.4 Å². The monoisotopic (exact) mass is 320 g/mol. The number of benzene rings is 1. The number of allylic oxidation sites excluding steroid dienone is 2. The summed E-state index contributed by atoms with van der Waals surface area (Å²) in [5.74, 6) is 0.452. The number of hydrogen-bond donors (Lipinski definition) is 0. The molecule has 0 saturated heterocycles. The van der Waals surface area contributed by atoms with Crippen LogP contribution in [0, 0.1) is 4.91 Å². The first-order chi connectivity index (χ1) is 11.8. The van der Waals surface area contributed by atoms with Gasteiger partial charge in [0, 0.05) is 25.2 Å². The second-order valence-corrected chi connectivity index (χ2v) is 6.31. The van der Waals surface area contributed by atoms with Crippen LogP contribution in [-0.2, 0) is 13.0 Å². The van der Waals surface area contributed by atoms with Gasteiger partial charge in [-0.2, -0.15) is 5.10 Å². The Morgan fingerprint density at radius 3 is 2.79 bits per heavy atom. The second-order valence-electron chi connectivity index (χ2n) is 6.31. The summed E-state index contributed by atoms with van der Waals surface area (Å²) in [5, 5.41) is 7.95. The number of rotatable bonds is 4. The van der Waals surface area contributed by atoms with E-state index in [1.165, 1.54) is 5.57 Å². The summed E-state index contributed by atoms with van der Waals surface area (Å²) in [4.78, 5) is 13.8. The first-order valence-electron chi connectivity index (χ1n) is 8.42. The van der Waals surface area contributed by atoms with Gasteiger partial charge in [-0.05, 0) is 42.1 Å². The minimum absolute atomic E-state index is 0.452. The highest BCUT2D eigenvalue weighted by atomic mass is 16.3. The number of aromatic nitrogens is 2. The zero-order valence-electron chi connectivity index (χ0n) is 13.6. The van der Waals surface area contributed by atoms with Gasteiger partial charge in [0.15, 0.2) is 0 Å². The third-order valence-corrected chi connectivity index (χ3v) is 4.66. The maximum absolute atomic E-state index is 11.4. The van der Waals surface area contributed by atoms with Gasteiger partial charge >= 0.3 is 0 Å². The Labute approximate surface area is 141 Å². The van der Waals surface area contributed by atoms with E-state index >= 15 is 0 Å². The molecule has 1 aliphatic carbocycles. The summed E-state index contributed by atoms with van der Waals surface area (Å²) >= 11 is 0. The molecule has 2 heterocycles. The molecular formula is C19H20N4O. The molecule has 24 heavy (non-hydrogen) atoms. The first kappa shape index (κ1) is 15.0. The van der Waals surface area contributed by atoms with Gasteiger partial charge in [0.2, 0.25) is 5.82 Å². The largest absolute Gasteiger partial charge is 0.293 e. The lowest BCUT2D eigenvalue weighted by atomic mass is 10.0. The van der Waals surface area contributed by atoms with Crippen LogP contribution >= 0.6 is 0 Å². The van der Waals surface area contributed by atoms with Gasteiger partial charge in [-0.25, -0.2) is 4.68 Å². The van der Waals surface area contributed by atoms with Crippen molar-refractivity contribution in [3.8, 4) is 5.69 Å². The van der Waals surface area contributed by atoms with Crippen molar-refractivity contribution in [1.29, 1.82) is 0 Å². The molecule has 0 unspecified atom stereocenters. The van der Waals surface area contributed by atoms with E-state index in [1.807, 2.05) is 30.3 Å². The lowest BCUT2D eigenvalue weighted by Gasteiger charge is -2.26. The van der Waals surface area contributed by atoms with Crippen molar-refractivity contribution in [3.63, 3.8) is 0 Å². The fourth-order valence-electron chi connectivity index (χ4n) is 3.45. The van der Waals surface area contributed by atoms with Crippen molar-refractivity contribution < 1.29 is 0 Å². The molecular weight excluding hydrogens is 300 g/mol. The third kappa shape index (κ3) is 2.83. The fraction of sp³-hybridized carbons (Fsp3) is 0.316. The predicted molar refractivity (Wildman–Crippen MR) is 94.5 cm³/mol. The molecule has 0 atom stereocenters. The van der Waals surface area contributed by atoms with E-state index in [1.54, 1.807) is 4.68 Å². The molecule has 0 spiro atoms. The number of nitroso groups, excluding NO2 is 1. The minimum atomic E-state index is 0.452. The van der Waals surface area contributed by atoms with Gasteiger partial charge in [-0.1, -0.05) is 36.4 Å². The van der Waals surface area contributed by atoms with Gasteiger partial charge in [-0.15, -0.1) is 4.91 Å². The second kappa shape index (κ2) is 6.53. The Hall–Kier alpha value is -2.53. The van der Waals surface area contributed by atoms with Crippen LogP contribution in [0.4, 0.5) is 5.82 Å². The van der Waals surface area contributed by atoms with E-state index in [9.17, 15) is 4.91 Å².